The van der Waals surface area contributed by atoms with E-state index in [1.165, 1.54) is 19.1 Å². The SMILES string of the molecule is Cc1ccc(NC(=O)C2(N)CCC2)cc1C(F)(F)F.Cl. The Morgan fingerprint density at radius 2 is 1.95 bits per heavy atom. The zero-order valence-corrected chi connectivity index (χ0v) is 11.7. The van der Waals surface area contributed by atoms with E-state index in [4.69, 9.17) is 5.73 Å². The van der Waals surface area contributed by atoms with Gasteiger partial charge in [0, 0.05) is 5.69 Å². The van der Waals surface area contributed by atoms with Crippen molar-refractivity contribution >= 4 is 24.0 Å². The Morgan fingerprint density at radius 3 is 2.40 bits per heavy atom. The summed E-state index contributed by atoms with van der Waals surface area (Å²) in [4.78, 5) is 11.8. The number of alkyl halides is 3. The molecule has 0 atom stereocenters. The van der Waals surface area contributed by atoms with E-state index in [2.05, 4.69) is 5.32 Å². The Balaban J connectivity index is 0.00000200. The second-order valence-electron chi connectivity index (χ2n) is 4.99. The van der Waals surface area contributed by atoms with Gasteiger partial charge in [0.05, 0.1) is 11.1 Å². The fourth-order valence-electron chi connectivity index (χ4n) is 2.05. The summed E-state index contributed by atoms with van der Waals surface area (Å²) in [6.45, 7) is 1.38. The van der Waals surface area contributed by atoms with Crippen molar-refractivity contribution in [1.82, 2.24) is 0 Å². The molecule has 0 unspecified atom stereocenters. The van der Waals surface area contributed by atoms with E-state index in [1.54, 1.807) is 0 Å². The van der Waals surface area contributed by atoms with Crippen LogP contribution in [0.2, 0.25) is 0 Å². The topological polar surface area (TPSA) is 55.1 Å². The van der Waals surface area contributed by atoms with Crippen molar-refractivity contribution in [3.8, 4) is 0 Å². The summed E-state index contributed by atoms with van der Waals surface area (Å²) in [6.07, 6.45) is -2.43. The van der Waals surface area contributed by atoms with Crippen molar-refractivity contribution in [2.75, 3.05) is 5.32 Å². The van der Waals surface area contributed by atoms with Crippen LogP contribution in [0.5, 0.6) is 0 Å². The summed E-state index contributed by atoms with van der Waals surface area (Å²) in [5.74, 6) is -0.421. The molecular weight excluding hydrogens is 293 g/mol. The Bertz CT molecular complexity index is 513. The van der Waals surface area contributed by atoms with Gasteiger partial charge in [-0.3, -0.25) is 4.79 Å². The van der Waals surface area contributed by atoms with Crippen LogP contribution in [0.4, 0.5) is 18.9 Å². The minimum absolute atomic E-state index is 0. The van der Waals surface area contributed by atoms with Crippen LogP contribution in [0.3, 0.4) is 0 Å². The molecule has 0 saturated heterocycles. The van der Waals surface area contributed by atoms with Crippen LogP contribution in [0.15, 0.2) is 18.2 Å². The third-order valence-electron chi connectivity index (χ3n) is 3.50. The molecule has 0 heterocycles. The molecule has 1 saturated carbocycles. The van der Waals surface area contributed by atoms with Crippen molar-refractivity contribution in [3.05, 3.63) is 29.3 Å². The maximum absolute atomic E-state index is 12.7. The maximum atomic E-state index is 12.7. The van der Waals surface area contributed by atoms with E-state index in [0.29, 0.717) is 12.8 Å². The summed E-state index contributed by atoms with van der Waals surface area (Å²) in [5.41, 5.74) is 4.39. The fraction of sp³-hybridized carbons (Fsp3) is 0.462. The van der Waals surface area contributed by atoms with Gasteiger partial charge in [-0.25, -0.2) is 0 Å². The standard InChI is InChI=1S/C13H15F3N2O.ClH/c1-8-3-4-9(7-10(8)13(14,15)16)18-11(19)12(17)5-2-6-12;/h3-4,7H,2,5-6,17H2,1H3,(H,18,19);1H. The van der Waals surface area contributed by atoms with Gasteiger partial charge in [-0.1, -0.05) is 6.07 Å². The molecule has 1 aromatic rings. The molecular formula is C13H16ClF3N2O. The smallest absolute Gasteiger partial charge is 0.324 e. The molecule has 3 N–H and O–H groups in total. The van der Waals surface area contributed by atoms with Gasteiger partial charge in [0.1, 0.15) is 0 Å². The first kappa shape index (κ1) is 16.8. The highest BCUT2D eigenvalue weighted by atomic mass is 35.5. The summed E-state index contributed by atoms with van der Waals surface area (Å²) < 4.78 is 38.2. The zero-order chi connectivity index (χ0) is 14.3. The second kappa shape index (κ2) is 5.61. The number of hydrogen-bond donors (Lipinski definition) is 2. The molecule has 20 heavy (non-hydrogen) atoms. The Labute approximate surface area is 121 Å². The molecule has 1 amide bonds. The molecule has 2 rings (SSSR count). The van der Waals surface area contributed by atoms with Gasteiger partial charge in [-0.15, -0.1) is 12.4 Å². The molecule has 0 spiro atoms. The summed E-state index contributed by atoms with van der Waals surface area (Å²) in [5, 5.41) is 2.46. The molecule has 112 valence electrons. The summed E-state index contributed by atoms with van der Waals surface area (Å²) in [7, 11) is 0. The summed E-state index contributed by atoms with van der Waals surface area (Å²) in [6, 6.07) is 3.72. The minimum Gasteiger partial charge on any atom is -0.324 e. The molecule has 0 radical (unpaired) electrons. The normalized spacial score (nSPS) is 16.9. The van der Waals surface area contributed by atoms with Gasteiger partial charge in [-0.2, -0.15) is 13.2 Å². The first-order chi connectivity index (χ1) is 8.72. The summed E-state index contributed by atoms with van der Waals surface area (Å²) >= 11 is 0. The first-order valence-corrected chi connectivity index (χ1v) is 6.00. The average molecular weight is 309 g/mol. The highest BCUT2D eigenvalue weighted by Crippen LogP contribution is 2.34. The highest BCUT2D eigenvalue weighted by molar-refractivity contribution is 5.98. The number of carbonyl (C=O) groups excluding carboxylic acids is 1. The number of benzene rings is 1. The van der Waals surface area contributed by atoms with E-state index >= 15 is 0 Å². The quantitative estimate of drug-likeness (QED) is 0.881. The van der Waals surface area contributed by atoms with Crippen molar-refractivity contribution < 1.29 is 18.0 Å². The van der Waals surface area contributed by atoms with Crippen molar-refractivity contribution in [2.45, 2.75) is 37.9 Å². The van der Waals surface area contributed by atoms with Crippen LogP contribution >= 0.6 is 12.4 Å². The van der Waals surface area contributed by atoms with Gasteiger partial charge in [0.2, 0.25) is 5.91 Å². The fourth-order valence-corrected chi connectivity index (χ4v) is 2.05. The lowest BCUT2D eigenvalue weighted by molar-refractivity contribution is -0.138. The van der Waals surface area contributed by atoms with Gasteiger partial charge < -0.3 is 11.1 Å². The number of anilines is 1. The van der Waals surface area contributed by atoms with Gasteiger partial charge in [0.25, 0.3) is 0 Å². The predicted molar refractivity (Wildman–Crippen MR) is 72.8 cm³/mol. The van der Waals surface area contributed by atoms with Crippen molar-refractivity contribution in [1.29, 1.82) is 0 Å². The van der Waals surface area contributed by atoms with Crippen LogP contribution in [-0.4, -0.2) is 11.4 Å². The number of halogens is 4. The number of carbonyl (C=O) groups is 1. The predicted octanol–water partition coefficient (Wildman–Crippen LogP) is 3.26. The number of aryl methyl sites for hydroxylation is 1. The molecule has 1 aromatic carbocycles. The monoisotopic (exact) mass is 308 g/mol. The van der Waals surface area contributed by atoms with Crippen LogP contribution in [0.25, 0.3) is 0 Å². The van der Waals surface area contributed by atoms with Crippen LogP contribution < -0.4 is 11.1 Å². The number of hydrogen-bond acceptors (Lipinski definition) is 2. The number of rotatable bonds is 2. The van der Waals surface area contributed by atoms with Crippen LogP contribution in [0.1, 0.15) is 30.4 Å². The Hall–Kier alpha value is -1.27. The first-order valence-electron chi connectivity index (χ1n) is 6.00. The minimum atomic E-state index is -4.43. The van der Waals surface area contributed by atoms with E-state index in [9.17, 15) is 18.0 Å². The van der Waals surface area contributed by atoms with Crippen LogP contribution in [0, 0.1) is 6.92 Å². The molecule has 1 aliphatic rings. The second-order valence-corrected chi connectivity index (χ2v) is 4.99. The van der Waals surface area contributed by atoms with Gasteiger partial charge in [0.15, 0.2) is 0 Å². The molecule has 0 aliphatic heterocycles. The molecule has 0 bridgehead atoms. The zero-order valence-electron chi connectivity index (χ0n) is 10.9. The number of nitrogens with two attached hydrogens (primary N) is 1. The Morgan fingerprint density at radius 1 is 1.35 bits per heavy atom. The lowest BCUT2D eigenvalue weighted by Gasteiger charge is -2.36. The van der Waals surface area contributed by atoms with Gasteiger partial charge in [-0.05, 0) is 43.9 Å². The molecule has 7 heteroatoms. The molecule has 3 nitrogen and oxygen atoms in total. The number of amides is 1. The molecule has 1 aliphatic carbocycles. The van der Waals surface area contributed by atoms with E-state index in [-0.39, 0.29) is 23.7 Å². The lowest BCUT2D eigenvalue weighted by atomic mass is 9.77. The highest BCUT2D eigenvalue weighted by Gasteiger charge is 2.40. The Kier molecular flexibility index (Phi) is 4.71. The maximum Gasteiger partial charge on any atom is 0.416 e. The van der Waals surface area contributed by atoms with Crippen molar-refractivity contribution in [3.63, 3.8) is 0 Å². The molecule has 0 aromatic heterocycles. The van der Waals surface area contributed by atoms with E-state index < -0.39 is 23.2 Å². The number of nitrogens with one attached hydrogen (secondary N) is 1. The van der Waals surface area contributed by atoms with E-state index in [1.807, 2.05) is 0 Å². The third-order valence-corrected chi connectivity index (χ3v) is 3.50. The van der Waals surface area contributed by atoms with E-state index in [0.717, 1.165) is 12.5 Å². The third kappa shape index (κ3) is 3.24. The lowest BCUT2D eigenvalue weighted by Crippen LogP contribution is -2.56. The van der Waals surface area contributed by atoms with Gasteiger partial charge >= 0.3 is 6.18 Å². The largest absolute Gasteiger partial charge is 0.416 e. The van der Waals surface area contributed by atoms with Crippen molar-refractivity contribution in [2.24, 2.45) is 5.73 Å². The average Bonchev–Trinajstić information content (AvgIpc) is 2.27. The molecule has 1 fully saturated rings. The van der Waals surface area contributed by atoms with Crippen LogP contribution in [-0.2, 0) is 11.0 Å².